The van der Waals surface area contributed by atoms with Gasteiger partial charge < -0.3 is 0 Å². The Labute approximate surface area is 71.3 Å². The molecular formula is C10H10S. The van der Waals surface area contributed by atoms with E-state index in [9.17, 15) is 0 Å². The molecule has 0 nitrogen and oxygen atoms in total. The maximum absolute atomic E-state index is 2.32. The summed E-state index contributed by atoms with van der Waals surface area (Å²) in [6, 6.07) is 10.6. The third kappa shape index (κ3) is 1.48. The molecule has 0 unspecified atom stereocenters. The first kappa shape index (κ1) is 6.99. The molecule has 1 aromatic carbocycles. The summed E-state index contributed by atoms with van der Waals surface area (Å²) in [6.07, 6.45) is 3.55. The number of allylic oxidation sites excluding steroid dienone is 1. The predicted octanol–water partition coefficient (Wildman–Crippen LogP) is 3.16. The third-order valence-electron chi connectivity index (χ3n) is 1.76. The second-order valence-electron chi connectivity index (χ2n) is 2.57. The summed E-state index contributed by atoms with van der Waals surface area (Å²) in [5.74, 6) is 1.25. The molecule has 2 rings (SSSR count). The summed E-state index contributed by atoms with van der Waals surface area (Å²) in [6.45, 7) is 0. The Morgan fingerprint density at radius 1 is 1.09 bits per heavy atom. The van der Waals surface area contributed by atoms with Crippen LogP contribution >= 0.6 is 11.8 Å². The molecule has 0 radical (unpaired) electrons. The van der Waals surface area contributed by atoms with E-state index in [1.54, 1.807) is 0 Å². The van der Waals surface area contributed by atoms with Gasteiger partial charge in [0.2, 0.25) is 0 Å². The van der Waals surface area contributed by atoms with Gasteiger partial charge in [-0.25, -0.2) is 0 Å². The van der Waals surface area contributed by atoms with Crippen molar-refractivity contribution in [2.75, 3.05) is 5.75 Å². The SMILES string of the molecule is C1=C(c2ccccc2)SCC1. The van der Waals surface area contributed by atoms with Gasteiger partial charge in [-0.15, -0.1) is 11.8 Å². The first-order valence-electron chi connectivity index (χ1n) is 3.85. The molecule has 0 saturated carbocycles. The molecule has 1 aliphatic heterocycles. The van der Waals surface area contributed by atoms with Crippen LogP contribution in [0.4, 0.5) is 0 Å². The minimum absolute atomic E-state index is 1.23. The normalized spacial score (nSPS) is 16.5. The highest BCUT2D eigenvalue weighted by atomic mass is 32.2. The van der Waals surface area contributed by atoms with Crippen molar-refractivity contribution in [2.45, 2.75) is 6.42 Å². The van der Waals surface area contributed by atoms with Crippen molar-refractivity contribution >= 4 is 16.7 Å². The van der Waals surface area contributed by atoms with Crippen molar-refractivity contribution in [1.82, 2.24) is 0 Å². The Bertz CT molecular complexity index is 261. The molecule has 0 saturated heterocycles. The number of hydrogen-bond donors (Lipinski definition) is 0. The Balaban J connectivity index is 2.29. The molecule has 11 heavy (non-hydrogen) atoms. The lowest BCUT2D eigenvalue weighted by molar-refractivity contribution is 1.28. The predicted molar refractivity (Wildman–Crippen MR) is 51.5 cm³/mol. The summed E-state index contributed by atoms with van der Waals surface area (Å²) >= 11 is 1.96. The number of thioether (sulfide) groups is 1. The van der Waals surface area contributed by atoms with E-state index in [1.165, 1.54) is 22.6 Å². The van der Waals surface area contributed by atoms with Crippen LogP contribution in [0.25, 0.3) is 4.91 Å². The minimum Gasteiger partial charge on any atom is -0.126 e. The zero-order valence-electron chi connectivity index (χ0n) is 6.29. The number of rotatable bonds is 1. The lowest BCUT2D eigenvalue weighted by Crippen LogP contribution is -1.73. The van der Waals surface area contributed by atoms with E-state index in [0.29, 0.717) is 0 Å². The first-order valence-corrected chi connectivity index (χ1v) is 4.84. The van der Waals surface area contributed by atoms with Crippen LogP contribution < -0.4 is 0 Å². The Morgan fingerprint density at radius 3 is 2.55 bits per heavy atom. The van der Waals surface area contributed by atoms with E-state index in [1.807, 2.05) is 11.8 Å². The molecule has 0 aliphatic carbocycles. The van der Waals surface area contributed by atoms with Crippen molar-refractivity contribution in [3.8, 4) is 0 Å². The van der Waals surface area contributed by atoms with Crippen LogP contribution in [0, 0.1) is 0 Å². The van der Waals surface area contributed by atoms with Gasteiger partial charge in [0, 0.05) is 10.7 Å². The van der Waals surface area contributed by atoms with E-state index >= 15 is 0 Å². The van der Waals surface area contributed by atoms with Gasteiger partial charge >= 0.3 is 0 Å². The molecule has 0 N–H and O–H groups in total. The average molecular weight is 162 g/mol. The van der Waals surface area contributed by atoms with Crippen molar-refractivity contribution < 1.29 is 0 Å². The molecule has 0 atom stereocenters. The van der Waals surface area contributed by atoms with Crippen LogP contribution in [-0.4, -0.2) is 5.75 Å². The summed E-state index contributed by atoms with van der Waals surface area (Å²) in [7, 11) is 0. The van der Waals surface area contributed by atoms with Gasteiger partial charge in [0.25, 0.3) is 0 Å². The molecule has 1 heterocycles. The van der Waals surface area contributed by atoms with Crippen LogP contribution in [0.3, 0.4) is 0 Å². The maximum atomic E-state index is 2.32. The van der Waals surface area contributed by atoms with Crippen molar-refractivity contribution in [3.63, 3.8) is 0 Å². The topological polar surface area (TPSA) is 0 Å². The highest BCUT2D eigenvalue weighted by Gasteiger charge is 2.05. The average Bonchev–Trinajstić information content (AvgIpc) is 2.58. The summed E-state index contributed by atoms with van der Waals surface area (Å²) in [5, 5.41) is 0. The van der Waals surface area contributed by atoms with Crippen LogP contribution in [0.2, 0.25) is 0 Å². The molecule has 1 heteroatoms. The van der Waals surface area contributed by atoms with Crippen LogP contribution in [-0.2, 0) is 0 Å². The van der Waals surface area contributed by atoms with Crippen LogP contribution in [0.1, 0.15) is 12.0 Å². The molecule has 0 amide bonds. The highest BCUT2D eigenvalue weighted by Crippen LogP contribution is 2.33. The molecule has 0 spiro atoms. The Morgan fingerprint density at radius 2 is 1.91 bits per heavy atom. The Hall–Kier alpha value is -0.690. The fourth-order valence-electron chi connectivity index (χ4n) is 1.22. The quantitative estimate of drug-likeness (QED) is 0.611. The van der Waals surface area contributed by atoms with Gasteiger partial charge in [-0.05, 0) is 12.0 Å². The standard InChI is InChI=1S/C10H10S/c1-2-5-9(6-3-1)10-7-4-8-11-10/h1-3,5-7H,4,8H2. The molecule has 1 aliphatic rings. The lowest BCUT2D eigenvalue weighted by atomic mass is 10.2. The number of hydrogen-bond acceptors (Lipinski definition) is 1. The Kier molecular flexibility index (Phi) is 1.99. The first-order chi connectivity index (χ1) is 5.47. The molecule has 56 valence electrons. The maximum Gasteiger partial charge on any atom is 0.0105 e. The number of benzene rings is 1. The van der Waals surface area contributed by atoms with Crippen LogP contribution in [0.5, 0.6) is 0 Å². The molecule has 0 aromatic heterocycles. The molecule has 1 aromatic rings. The van der Waals surface area contributed by atoms with Gasteiger partial charge in [0.15, 0.2) is 0 Å². The van der Waals surface area contributed by atoms with E-state index in [2.05, 4.69) is 36.4 Å². The van der Waals surface area contributed by atoms with Crippen molar-refractivity contribution in [2.24, 2.45) is 0 Å². The minimum atomic E-state index is 1.23. The summed E-state index contributed by atoms with van der Waals surface area (Å²) in [4.78, 5) is 1.45. The van der Waals surface area contributed by atoms with E-state index < -0.39 is 0 Å². The zero-order chi connectivity index (χ0) is 7.52. The fourth-order valence-corrected chi connectivity index (χ4v) is 2.22. The van der Waals surface area contributed by atoms with Gasteiger partial charge in [-0.2, -0.15) is 0 Å². The lowest BCUT2D eigenvalue weighted by Gasteiger charge is -1.98. The van der Waals surface area contributed by atoms with Crippen molar-refractivity contribution in [1.29, 1.82) is 0 Å². The molecule has 0 fully saturated rings. The van der Waals surface area contributed by atoms with Crippen molar-refractivity contribution in [3.05, 3.63) is 42.0 Å². The van der Waals surface area contributed by atoms with Gasteiger partial charge in [-0.1, -0.05) is 36.4 Å². The summed E-state index contributed by atoms with van der Waals surface area (Å²) in [5.41, 5.74) is 1.37. The molecule has 0 bridgehead atoms. The monoisotopic (exact) mass is 162 g/mol. The second-order valence-corrected chi connectivity index (χ2v) is 3.71. The second kappa shape index (κ2) is 3.14. The molecular weight excluding hydrogens is 152 g/mol. The van der Waals surface area contributed by atoms with Gasteiger partial charge in [0.1, 0.15) is 0 Å². The largest absolute Gasteiger partial charge is 0.126 e. The van der Waals surface area contributed by atoms with Gasteiger partial charge in [0.05, 0.1) is 0 Å². The van der Waals surface area contributed by atoms with E-state index in [4.69, 9.17) is 0 Å². The van der Waals surface area contributed by atoms with Crippen LogP contribution in [0.15, 0.2) is 36.4 Å². The van der Waals surface area contributed by atoms with Gasteiger partial charge in [-0.3, -0.25) is 0 Å². The van der Waals surface area contributed by atoms with E-state index in [-0.39, 0.29) is 0 Å². The highest BCUT2D eigenvalue weighted by molar-refractivity contribution is 8.08. The summed E-state index contributed by atoms with van der Waals surface area (Å²) < 4.78 is 0. The van der Waals surface area contributed by atoms with E-state index in [0.717, 1.165) is 0 Å². The fraction of sp³-hybridized carbons (Fsp3) is 0.200. The zero-order valence-corrected chi connectivity index (χ0v) is 7.10. The smallest absolute Gasteiger partial charge is 0.0105 e. The third-order valence-corrected chi connectivity index (χ3v) is 2.92.